The molecule has 2 aromatic rings. The highest BCUT2D eigenvalue weighted by Crippen LogP contribution is 2.17. The molecule has 0 atom stereocenters. The number of aromatic amines is 1. The van der Waals surface area contributed by atoms with Gasteiger partial charge in [-0.25, -0.2) is 0 Å². The third-order valence-electron chi connectivity index (χ3n) is 2.44. The van der Waals surface area contributed by atoms with Crippen molar-refractivity contribution in [3.05, 3.63) is 36.0 Å². The van der Waals surface area contributed by atoms with Gasteiger partial charge in [0, 0.05) is 30.6 Å². The maximum absolute atomic E-state index is 10.7. The summed E-state index contributed by atoms with van der Waals surface area (Å²) in [5.41, 5.74) is 2.40. The lowest BCUT2D eigenvalue weighted by Crippen LogP contribution is -2.22. The van der Waals surface area contributed by atoms with Crippen LogP contribution in [0.25, 0.3) is 10.9 Å². The molecule has 0 aliphatic carbocycles. The Bertz CT molecular complexity index is 473. The van der Waals surface area contributed by atoms with Gasteiger partial charge in [-0.15, -0.1) is 0 Å². The Hall–Kier alpha value is -1.77. The summed E-state index contributed by atoms with van der Waals surface area (Å²) < 4.78 is 0. The number of hydrogen-bond acceptors (Lipinski definition) is 1. The zero-order chi connectivity index (χ0) is 10.7. The number of carbonyl (C=O) groups is 1. The van der Waals surface area contributed by atoms with Gasteiger partial charge in [-0.05, 0) is 18.1 Å². The van der Waals surface area contributed by atoms with Crippen LogP contribution in [0.15, 0.2) is 30.5 Å². The van der Waals surface area contributed by atoms with Crippen LogP contribution in [0.3, 0.4) is 0 Å². The molecule has 0 unspecified atom stereocenters. The van der Waals surface area contributed by atoms with E-state index in [9.17, 15) is 4.79 Å². The van der Waals surface area contributed by atoms with E-state index in [2.05, 4.69) is 22.4 Å². The predicted octanol–water partition coefficient (Wildman–Crippen LogP) is 1.85. The lowest BCUT2D eigenvalue weighted by Gasteiger charge is -2.00. The first-order valence-corrected chi connectivity index (χ1v) is 5.07. The molecule has 1 aromatic heterocycles. The first-order chi connectivity index (χ1) is 7.27. The van der Waals surface area contributed by atoms with Gasteiger partial charge in [0.1, 0.15) is 0 Å². The molecule has 0 aliphatic heterocycles. The van der Waals surface area contributed by atoms with Crippen LogP contribution in [0.4, 0.5) is 0 Å². The molecule has 1 aromatic carbocycles. The van der Waals surface area contributed by atoms with Gasteiger partial charge < -0.3 is 10.3 Å². The van der Waals surface area contributed by atoms with E-state index in [0.717, 1.165) is 11.9 Å². The molecule has 2 N–H and O–H groups in total. The van der Waals surface area contributed by atoms with Crippen LogP contribution in [0, 0.1) is 0 Å². The molecule has 0 spiro atoms. The van der Waals surface area contributed by atoms with Crippen LogP contribution in [-0.4, -0.2) is 17.4 Å². The molecule has 0 fully saturated rings. The van der Waals surface area contributed by atoms with Crippen molar-refractivity contribution in [2.75, 3.05) is 6.54 Å². The Balaban J connectivity index is 2.11. The van der Waals surface area contributed by atoms with Gasteiger partial charge in [0.25, 0.3) is 0 Å². The lowest BCUT2D eigenvalue weighted by molar-refractivity contribution is -0.118. The number of rotatable bonds is 3. The van der Waals surface area contributed by atoms with Crippen molar-refractivity contribution in [3.63, 3.8) is 0 Å². The number of hydrogen-bond donors (Lipinski definition) is 2. The summed E-state index contributed by atoms with van der Waals surface area (Å²) in [7, 11) is 0. The highest BCUT2D eigenvalue weighted by molar-refractivity contribution is 5.83. The van der Waals surface area contributed by atoms with Crippen LogP contribution in [0.5, 0.6) is 0 Å². The second kappa shape index (κ2) is 4.17. The molecule has 0 radical (unpaired) electrons. The highest BCUT2D eigenvalue weighted by atomic mass is 16.3. The van der Waals surface area contributed by atoms with Crippen molar-refractivity contribution in [2.24, 2.45) is 0 Å². The number of nitrogens with one attached hydrogen (secondary N) is 2. The maximum atomic E-state index is 10.7. The summed E-state index contributed by atoms with van der Waals surface area (Å²) in [6, 6.07) is 8.18. The number of carbonyl (C=O) groups excluding carboxylic acids is 1. The van der Waals surface area contributed by atoms with Crippen LogP contribution >= 0.6 is 0 Å². The summed E-state index contributed by atoms with van der Waals surface area (Å²) in [6.07, 6.45) is 2.87. The molecular formula is C12H14N2O. The molecule has 0 bridgehead atoms. The fourth-order valence-corrected chi connectivity index (χ4v) is 1.71. The van der Waals surface area contributed by atoms with Crippen LogP contribution in [-0.2, 0) is 11.2 Å². The molecule has 2 rings (SSSR count). The highest BCUT2D eigenvalue weighted by Gasteiger charge is 2.02. The number of H-pyrrole nitrogens is 1. The Kier molecular flexibility index (Phi) is 2.72. The average Bonchev–Trinajstić information content (AvgIpc) is 2.62. The maximum Gasteiger partial charge on any atom is 0.216 e. The molecule has 3 heteroatoms. The van der Waals surface area contributed by atoms with Crippen molar-refractivity contribution in [1.82, 2.24) is 10.3 Å². The van der Waals surface area contributed by atoms with Gasteiger partial charge in [-0.1, -0.05) is 18.2 Å². The fourth-order valence-electron chi connectivity index (χ4n) is 1.71. The fraction of sp³-hybridized carbons (Fsp3) is 0.250. The molecule has 1 heterocycles. The standard InChI is InChI=1S/C12H14N2O/c1-9(15)13-7-6-10-8-14-12-5-3-2-4-11(10)12/h2-5,8,14H,6-7H2,1H3,(H,13,15)/i9+2. The second-order valence-corrected chi connectivity index (χ2v) is 3.59. The van der Waals surface area contributed by atoms with E-state index in [4.69, 9.17) is 0 Å². The Labute approximate surface area is 88.5 Å². The summed E-state index contributed by atoms with van der Waals surface area (Å²) >= 11 is 0. The molecular weight excluding hydrogens is 190 g/mol. The minimum Gasteiger partial charge on any atom is -0.361 e. The van der Waals surface area contributed by atoms with Crippen LogP contribution < -0.4 is 5.32 Å². The number of fused-ring (bicyclic) bond motifs is 1. The minimum absolute atomic E-state index is 0.0230. The predicted molar refractivity (Wildman–Crippen MR) is 60.7 cm³/mol. The number of amides is 1. The Morgan fingerprint density at radius 3 is 3.00 bits per heavy atom. The monoisotopic (exact) mass is 204 g/mol. The second-order valence-electron chi connectivity index (χ2n) is 3.59. The summed E-state index contributed by atoms with van der Waals surface area (Å²) in [5, 5.41) is 4.03. The quantitative estimate of drug-likeness (QED) is 0.787. The lowest BCUT2D eigenvalue weighted by atomic mass is 10.1. The summed E-state index contributed by atoms with van der Waals surface area (Å²) in [5.74, 6) is 0.0230. The van der Waals surface area contributed by atoms with Crippen molar-refractivity contribution in [1.29, 1.82) is 0 Å². The van der Waals surface area contributed by atoms with Crippen LogP contribution in [0.1, 0.15) is 12.5 Å². The molecule has 1 amide bonds. The topological polar surface area (TPSA) is 44.9 Å². The number of aromatic nitrogens is 1. The van der Waals surface area contributed by atoms with Gasteiger partial charge >= 0.3 is 0 Å². The van der Waals surface area contributed by atoms with E-state index in [1.165, 1.54) is 17.9 Å². The van der Waals surface area contributed by atoms with Crippen molar-refractivity contribution >= 4 is 16.8 Å². The third-order valence-corrected chi connectivity index (χ3v) is 2.44. The summed E-state index contributed by atoms with van der Waals surface area (Å²) in [6.45, 7) is 2.23. The molecule has 15 heavy (non-hydrogen) atoms. The van der Waals surface area contributed by atoms with E-state index in [0.29, 0.717) is 6.54 Å². The summed E-state index contributed by atoms with van der Waals surface area (Å²) in [4.78, 5) is 13.9. The number of para-hydroxylation sites is 1. The van der Waals surface area contributed by atoms with Gasteiger partial charge in [0.15, 0.2) is 0 Å². The smallest absolute Gasteiger partial charge is 0.216 e. The Morgan fingerprint density at radius 1 is 1.40 bits per heavy atom. The number of benzene rings is 1. The van der Waals surface area contributed by atoms with Gasteiger partial charge in [0.2, 0.25) is 5.91 Å². The third kappa shape index (κ3) is 2.18. The first kappa shape index (κ1) is 9.77. The molecule has 0 aliphatic rings. The SMILES string of the molecule is C[14C](=O)NCCc1c[nH]c2ccccc12. The Morgan fingerprint density at radius 2 is 2.20 bits per heavy atom. The molecule has 0 saturated carbocycles. The van der Waals surface area contributed by atoms with E-state index in [-0.39, 0.29) is 5.91 Å². The molecule has 78 valence electrons. The zero-order valence-corrected chi connectivity index (χ0v) is 8.71. The van der Waals surface area contributed by atoms with Crippen molar-refractivity contribution < 1.29 is 4.79 Å². The molecule has 3 nitrogen and oxygen atoms in total. The van der Waals surface area contributed by atoms with Crippen molar-refractivity contribution in [2.45, 2.75) is 13.3 Å². The zero-order valence-electron chi connectivity index (χ0n) is 8.71. The minimum atomic E-state index is 0.0230. The van der Waals surface area contributed by atoms with Gasteiger partial charge in [-0.3, -0.25) is 4.79 Å². The van der Waals surface area contributed by atoms with Crippen molar-refractivity contribution in [3.8, 4) is 0 Å². The van der Waals surface area contributed by atoms with E-state index < -0.39 is 0 Å². The van der Waals surface area contributed by atoms with E-state index >= 15 is 0 Å². The normalized spacial score (nSPS) is 10.5. The van der Waals surface area contributed by atoms with Gasteiger partial charge in [-0.2, -0.15) is 0 Å². The van der Waals surface area contributed by atoms with E-state index in [1.54, 1.807) is 0 Å². The largest absolute Gasteiger partial charge is 0.361 e. The average molecular weight is 204 g/mol. The van der Waals surface area contributed by atoms with E-state index in [1.807, 2.05) is 18.3 Å². The first-order valence-electron chi connectivity index (χ1n) is 5.07. The van der Waals surface area contributed by atoms with Gasteiger partial charge in [0.05, 0.1) is 0 Å². The molecule has 0 saturated heterocycles. The van der Waals surface area contributed by atoms with Crippen LogP contribution in [0.2, 0.25) is 0 Å².